The highest BCUT2D eigenvalue weighted by atomic mass is 35.5. The summed E-state index contributed by atoms with van der Waals surface area (Å²) in [5.41, 5.74) is 0.826. The van der Waals surface area contributed by atoms with Crippen molar-refractivity contribution in [1.82, 2.24) is 0 Å². The molecule has 0 N–H and O–H groups in total. The van der Waals surface area contributed by atoms with Gasteiger partial charge < -0.3 is 23.4 Å². The van der Waals surface area contributed by atoms with E-state index in [2.05, 4.69) is 6.92 Å². The van der Waals surface area contributed by atoms with Gasteiger partial charge in [0.05, 0.1) is 19.0 Å². The molecule has 1 aromatic heterocycles. The normalized spacial score (nSPS) is 38.9. The minimum absolute atomic E-state index is 0.0351. The van der Waals surface area contributed by atoms with Gasteiger partial charge in [-0.25, -0.2) is 0 Å². The average molecular weight is 317 g/mol. The Hall–Kier alpha value is -0.590. The summed E-state index contributed by atoms with van der Waals surface area (Å²) in [6.07, 6.45) is 2.39. The molecule has 5 atom stereocenters. The van der Waals surface area contributed by atoms with Crippen LogP contribution in [-0.4, -0.2) is 30.4 Å². The zero-order valence-corrected chi connectivity index (χ0v) is 13.3. The third-order valence-corrected chi connectivity index (χ3v) is 4.52. The summed E-state index contributed by atoms with van der Waals surface area (Å²) in [7, 11) is 0. The first kappa shape index (κ1) is 15.3. The summed E-state index contributed by atoms with van der Waals surface area (Å²) in [4.78, 5) is 0. The number of halogens is 1. The summed E-state index contributed by atoms with van der Waals surface area (Å²) in [6, 6.07) is 1.80. The van der Waals surface area contributed by atoms with Gasteiger partial charge >= 0.3 is 0 Å². The molecule has 5 nitrogen and oxygen atoms in total. The third-order valence-electron chi connectivity index (χ3n) is 4.19. The Kier molecular flexibility index (Phi) is 4.30. The molecule has 1 unspecified atom stereocenters. The molecule has 6 heteroatoms. The van der Waals surface area contributed by atoms with E-state index >= 15 is 0 Å². The van der Waals surface area contributed by atoms with Crippen LogP contribution >= 0.6 is 11.6 Å². The van der Waals surface area contributed by atoms with Crippen molar-refractivity contribution in [1.29, 1.82) is 0 Å². The quantitative estimate of drug-likeness (QED) is 0.832. The van der Waals surface area contributed by atoms with E-state index in [1.54, 1.807) is 12.3 Å². The fourth-order valence-corrected chi connectivity index (χ4v) is 2.95. The second kappa shape index (κ2) is 5.89. The molecule has 3 heterocycles. The van der Waals surface area contributed by atoms with Crippen LogP contribution in [0.2, 0.25) is 5.22 Å². The number of rotatable bonds is 5. The summed E-state index contributed by atoms with van der Waals surface area (Å²) in [5.74, 6) is -0.594. The Morgan fingerprint density at radius 1 is 1.33 bits per heavy atom. The van der Waals surface area contributed by atoms with E-state index in [4.69, 9.17) is 35.0 Å². The molecule has 3 rings (SSSR count). The molecule has 118 valence electrons. The lowest BCUT2D eigenvalue weighted by Crippen LogP contribution is -2.37. The van der Waals surface area contributed by atoms with Gasteiger partial charge in [-0.3, -0.25) is 0 Å². The van der Waals surface area contributed by atoms with E-state index in [0.717, 1.165) is 18.4 Å². The molecule has 1 aromatic rings. The van der Waals surface area contributed by atoms with Crippen LogP contribution in [0.25, 0.3) is 0 Å². The van der Waals surface area contributed by atoms with Crippen molar-refractivity contribution in [3.05, 3.63) is 23.1 Å². The van der Waals surface area contributed by atoms with Gasteiger partial charge in [-0.15, -0.1) is 0 Å². The lowest BCUT2D eigenvalue weighted by molar-refractivity contribution is -0.229. The molecule has 0 aromatic carbocycles. The Morgan fingerprint density at radius 2 is 2.14 bits per heavy atom. The maximum absolute atomic E-state index is 6.04. The number of fused-ring (bicyclic) bond motifs is 1. The lowest BCUT2D eigenvalue weighted by Gasteiger charge is -2.27. The van der Waals surface area contributed by atoms with Gasteiger partial charge in [0.2, 0.25) is 0 Å². The summed E-state index contributed by atoms with van der Waals surface area (Å²) in [6.45, 7) is 6.39. The molecule has 2 aliphatic heterocycles. The molecule has 0 bridgehead atoms. The second-order valence-electron chi connectivity index (χ2n) is 5.63. The lowest BCUT2D eigenvalue weighted by atomic mass is 10.1. The fourth-order valence-electron chi connectivity index (χ4n) is 2.78. The van der Waals surface area contributed by atoms with E-state index in [1.807, 2.05) is 13.8 Å². The summed E-state index contributed by atoms with van der Waals surface area (Å²) >= 11 is 5.94. The zero-order valence-electron chi connectivity index (χ0n) is 12.5. The molecule has 2 fully saturated rings. The Morgan fingerprint density at radius 3 is 2.76 bits per heavy atom. The van der Waals surface area contributed by atoms with E-state index in [9.17, 15) is 0 Å². The molecule has 0 saturated carbocycles. The van der Waals surface area contributed by atoms with Gasteiger partial charge in [0.25, 0.3) is 0 Å². The highest BCUT2D eigenvalue weighted by Gasteiger charge is 2.55. The number of hydrogen-bond donors (Lipinski definition) is 0. The first-order valence-electron chi connectivity index (χ1n) is 7.41. The molecule has 0 spiro atoms. The van der Waals surface area contributed by atoms with Crippen LogP contribution in [-0.2, 0) is 25.6 Å². The van der Waals surface area contributed by atoms with Crippen molar-refractivity contribution < 1.29 is 23.4 Å². The third kappa shape index (κ3) is 2.85. The van der Waals surface area contributed by atoms with Gasteiger partial charge in [-0.05, 0) is 37.4 Å². The topological polar surface area (TPSA) is 50.1 Å². The van der Waals surface area contributed by atoms with Gasteiger partial charge in [-0.1, -0.05) is 13.8 Å². The van der Waals surface area contributed by atoms with Gasteiger partial charge in [0, 0.05) is 5.56 Å². The van der Waals surface area contributed by atoms with Gasteiger partial charge in [0.15, 0.2) is 17.3 Å². The average Bonchev–Trinajstić information content (AvgIpc) is 3.10. The first-order chi connectivity index (χ1) is 10.1. The molecule has 0 aliphatic carbocycles. The van der Waals surface area contributed by atoms with E-state index in [1.165, 1.54) is 0 Å². The molecular weight excluding hydrogens is 296 g/mol. The number of furan rings is 1. The van der Waals surface area contributed by atoms with Crippen LogP contribution in [0.5, 0.6) is 0 Å². The maximum Gasteiger partial charge on any atom is 0.198 e. The summed E-state index contributed by atoms with van der Waals surface area (Å²) < 4.78 is 28.9. The smallest absolute Gasteiger partial charge is 0.198 e. The van der Waals surface area contributed by atoms with Crippen LogP contribution in [0.3, 0.4) is 0 Å². The van der Waals surface area contributed by atoms with Crippen molar-refractivity contribution in [2.45, 2.75) is 70.6 Å². The number of ether oxygens (including phenoxy) is 4. The Labute approximate surface area is 129 Å². The molecule has 2 aliphatic rings. The Bertz CT molecular complexity index is 490. The highest BCUT2D eigenvalue weighted by Crippen LogP contribution is 2.41. The van der Waals surface area contributed by atoms with Crippen molar-refractivity contribution >= 4 is 11.6 Å². The number of hydrogen-bond acceptors (Lipinski definition) is 5. The van der Waals surface area contributed by atoms with Crippen molar-refractivity contribution in [3.63, 3.8) is 0 Å². The van der Waals surface area contributed by atoms with Crippen LogP contribution in [0.4, 0.5) is 0 Å². The Balaban J connectivity index is 1.68. The van der Waals surface area contributed by atoms with Crippen LogP contribution < -0.4 is 0 Å². The molecule has 0 radical (unpaired) electrons. The molecule has 2 saturated heterocycles. The second-order valence-corrected chi connectivity index (χ2v) is 5.98. The first-order valence-corrected chi connectivity index (χ1v) is 7.78. The van der Waals surface area contributed by atoms with Gasteiger partial charge in [0.1, 0.15) is 12.2 Å². The zero-order chi connectivity index (χ0) is 15.0. The van der Waals surface area contributed by atoms with Crippen LogP contribution in [0.1, 0.15) is 39.2 Å². The molecular formula is C15H21ClO5. The largest absolute Gasteiger partial charge is 0.453 e. The van der Waals surface area contributed by atoms with E-state index in [-0.39, 0.29) is 24.6 Å². The minimum Gasteiger partial charge on any atom is -0.453 e. The minimum atomic E-state index is -0.594. The van der Waals surface area contributed by atoms with Crippen LogP contribution in [0, 0.1) is 0 Å². The molecule has 21 heavy (non-hydrogen) atoms. The molecule has 0 amide bonds. The fraction of sp³-hybridized carbons (Fsp3) is 0.733. The maximum atomic E-state index is 6.04. The predicted octanol–water partition coefficient (Wildman–Crippen LogP) is 3.49. The summed E-state index contributed by atoms with van der Waals surface area (Å²) in [5, 5.41) is 0.362. The van der Waals surface area contributed by atoms with Crippen LogP contribution in [0.15, 0.2) is 16.7 Å². The van der Waals surface area contributed by atoms with Crippen molar-refractivity contribution in [2.75, 3.05) is 0 Å². The van der Waals surface area contributed by atoms with Crippen molar-refractivity contribution in [2.24, 2.45) is 0 Å². The predicted molar refractivity (Wildman–Crippen MR) is 75.9 cm³/mol. The van der Waals surface area contributed by atoms with Crippen molar-refractivity contribution in [3.8, 4) is 0 Å². The van der Waals surface area contributed by atoms with E-state index < -0.39 is 5.79 Å². The monoisotopic (exact) mass is 316 g/mol. The SMILES string of the molecule is CC[C@H]1O[C@@H]2OC(C)(CC)O[C@@H]2[C@H]1OCc1ccoc1Cl. The highest BCUT2D eigenvalue weighted by molar-refractivity contribution is 6.29. The van der Waals surface area contributed by atoms with E-state index in [0.29, 0.717) is 11.8 Å². The standard InChI is InChI=1S/C15H21ClO5/c1-4-10-11(18-8-9-6-7-17-13(9)16)12-14(19-10)21-15(3,5-2)20-12/h6-7,10-12,14H,4-5,8H2,1-3H3/t10-,11+,12-,14-,15?/m1/s1. The van der Waals surface area contributed by atoms with Gasteiger partial charge in [-0.2, -0.15) is 0 Å².